The lowest BCUT2D eigenvalue weighted by Crippen LogP contribution is -2.35. The first-order valence-corrected chi connectivity index (χ1v) is 9.75. The summed E-state index contributed by atoms with van der Waals surface area (Å²) in [5.74, 6) is -0.339. The summed E-state index contributed by atoms with van der Waals surface area (Å²) >= 11 is 5.96. The van der Waals surface area contributed by atoms with E-state index >= 15 is 0 Å². The molecule has 0 fully saturated rings. The zero-order valence-corrected chi connectivity index (χ0v) is 17.4. The van der Waals surface area contributed by atoms with Gasteiger partial charge in [-0.3, -0.25) is 9.36 Å². The second-order valence-corrected chi connectivity index (χ2v) is 7.22. The zero-order chi connectivity index (χ0) is 21.1. The number of nitrogens with zero attached hydrogens (tertiary/aromatic N) is 3. The van der Waals surface area contributed by atoms with Gasteiger partial charge < -0.3 is 10.1 Å². The van der Waals surface area contributed by atoms with E-state index in [1.807, 2.05) is 6.92 Å². The van der Waals surface area contributed by atoms with Gasteiger partial charge in [-0.05, 0) is 38.1 Å². The number of hydrogen-bond acceptors (Lipinski definition) is 6. The molecule has 1 aromatic carbocycles. The number of carbonyl (C=O) groups is 1. The molecule has 0 saturated heterocycles. The molecule has 29 heavy (non-hydrogen) atoms. The summed E-state index contributed by atoms with van der Waals surface area (Å²) in [6.07, 6.45) is 1.61. The number of nitrogens with one attached hydrogen (secondary N) is 1. The van der Waals surface area contributed by atoms with Crippen LogP contribution in [0.25, 0.3) is 0 Å². The van der Waals surface area contributed by atoms with Crippen LogP contribution < -0.4 is 11.0 Å². The van der Waals surface area contributed by atoms with Crippen molar-refractivity contribution in [3.05, 3.63) is 58.0 Å². The summed E-state index contributed by atoms with van der Waals surface area (Å²) in [5, 5.41) is 3.78. The van der Waals surface area contributed by atoms with E-state index in [1.165, 1.54) is 4.57 Å². The lowest BCUT2D eigenvalue weighted by atomic mass is 9.82. The lowest BCUT2D eigenvalue weighted by molar-refractivity contribution is -0.146. The molecule has 8 heteroatoms. The van der Waals surface area contributed by atoms with Gasteiger partial charge in [-0.1, -0.05) is 24.6 Å². The fourth-order valence-electron chi connectivity index (χ4n) is 3.53. The summed E-state index contributed by atoms with van der Waals surface area (Å²) in [5.41, 5.74) is 1.56. The molecule has 0 radical (unpaired) electrons. The first kappa shape index (κ1) is 20.8. The SMILES string of the molecule is C=CCn1c2c(c(Nc3ccc(Cl)cc3)nc1=O)C(C)C(C(=O)OCC)C(C)=N2. The quantitative estimate of drug-likeness (QED) is 0.565. The molecule has 0 amide bonds. The number of rotatable bonds is 6. The molecule has 2 unspecified atom stereocenters. The fourth-order valence-corrected chi connectivity index (χ4v) is 3.65. The number of hydrogen-bond donors (Lipinski definition) is 1. The highest BCUT2D eigenvalue weighted by Crippen LogP contribution is 2.42. The Morgan fingerprint density at radius 3 is 2.69 bits per heavy atom. The second kappa shape index (κ2) is 8.61. The number of aliphatic imine (C=N–C) groups is 1. The highest BCUT2D eigenvalue weighted by molar-refractivity contribution is 6.30. The maximum absolute atomic E-state index is 12.7. The van der Waals surface area contributed by atoms with Crippen LogP contribution in [0.1, 0.15) is 32.3 Å². The van der Waals surface area contributed by atoms with Gasteiger partial charge in [-0.25, -0.2) is 9.79 Å². The normalized spacial score (nSPS) is 17.9. The molecule has 2 aromatic rings. The molecule has 2 atom stereocenters. The van der Waals surface area contributed by atoms with Crippen molar-refractivity contribution in [2.45, 2.75) is 33.2 Å². The molecule has 0 saturated carbocycles. The number of anilines is 2. The van der Waals surface area contributed by atoms with Crippen LogP contribution in [-0.2, 0) is 16.1 Å². The third-order valence-corrected chi connectivity index (χ3v) is 5.09. The fraction of sp³-hybridized carbons (Fsp3) is 0.333. The van der Waals surface area contributed by atoms with E-state index in [0.29, 0.717) is 27.9 Å². The van der Waals surface area contributed by atoms with Crippen LogP contribution in [0.3, 0.4) is 0 Å². The Bertz CT molecular complexity index is 1030. The van der Waals surface area contributed by atoms with Gasteiger partial charge in [0.2, 0.25) is 0 Å². The summed E-state index contributed by atoms with van der Waals surface area (Å²) in [7, 11) is 0. The highest BCUT2D eigenvalue weighted by Gasteiger charge is 2.38. The average molecular weight is 415 g/mol. The first-order chi connectivity index (χ1) is 13.9. The molecule has 152 valence electrons. The van der Waals surface area contributed by atoms with Crippen molar-refractivity contribution in [2.75, 3.05) is 11.9 Å². The summed E-state index contributed by atoms with van der Waals surface area (Å²) in [6.45, 7) is 9.72. The standard InChI is InChI=1S/C21H23ClN4O3/c1-5-11-26-19-17(12(3)16(13(4)23-19)20(27)29-6-2)18(25-21(26)28)24-15-9-7-14(22)8-10-15/h5,7-10,12,16H,1,6,11H2,2-4H3,(H,24,25,28). The van der Waals surface area contributed by atoms with Crippen LogP contribution in [0.5, 0.6) is 0 Å². The number of ether oxygens (including phenoxy) is 1. The molecule has 0 bridgehead atoms. The summed E-state index contributed by atoms with van der Waals surface area (Å²) in [6, 6.07) is 7.05. The Hall–Kier alpha value is -2.93. The van der Waals surface area contributed by atoms with Gasteiger partial charge in [0.05, 0.1) is 6.61 Å². The lowest BCUT2D eigenvalue weighted by Gasteiger charge is -2.30. The minimum Gasteiger partial charge on any atom is -0.465 e. The minimum absolute atomic E-state index is 0.267. The molecule has 0 aliphatic carbocycles. The van der Waals surface area contributed by atoms with Gasteiger partial charge in [0.25, 0.3) is 0 Å². The predicted octanol–water partition coefficient (Wildman–Crippen LogP) is 4.22. The van der Waals surface area contributed by atoms with Gasteiger partial charge in [0.1, 0.15) is 17.6 Å². The van der Waals surface area contributed by atoms with Gasteiger partial charge in [-0.15, -0.1) is 6.58 Å². The maximum Gasteiger partial charge on any atom is 0.351 e. The molecule has 1 aliphatic heterocycles. The second-order valence-electron chi connectivity index (χ2n) is 6.78. The van der Waals surface area contributed by atoms with E-state index in [9.17, 15) is 9.59 Å². The molecule has 7 nitrogen and oxygen atoms in total. The topological polar surface area (TPSA) is 85.6 Å². The van der Waals surface area contributed by atoms with E-state index in [-0.39, 0.29) is 25.0 Å². The predicted molar refractivity (Wildman–Crippen MR) is 115 cm³/mol. The average Bonchev–Trinajstić information content (AvgIpc) is 2.66. The van der Waals surface area contributed by atoms with Crippen molar-refractivity contribution >= 4 is 40.6 Å². The molecule has 1 aliphatic rings. The minimum atomic E-state index is -0.551. The van der Waals surface area contributed by atoms with Gasteiger partial charge in [0, 0.05) is 34.4 Å². The molecular weight excluding hydrogens is 392 g/mol. The largest absolute Gasteiger partial charge is 0.465 e. The van der Waals surface area contributed by atoms with Crippen molar-refractivity contribution in [2.24, 2.45) is 10.9 Å². The number of aromatic nitrogens is 2. The number of fused-ring (bicyclic) bond motifs is 1. The molecule has 1 aromatic heterocycles. The number of carbonyl (C=O) groups excluding carboxylic acids is 1. The molecular formula is C21H23ClN4O3. The van der Waals surface area contributed by atoms with Crippen molar-refractivity contribution < 1.29 is 9.53 Å². The van der Waals surface area contributed by atoms with E-state index in [4.69, 9.17) is 16.3 Å². The van der Waals surface area contributed by atoms with Crippen LogP contribution in [0.15, 0.2) is 46.7 Å². The molecule has 0 spiro atoms. The smallest absolute Gasteiger partial charge is 0.351 e. The number of halogens is 1. The van der Waals surface area contributed by atoms with Crippen molar-refractivity contribution in [1.82, 2.24) is 9.55 Å². The van der Waals surface area contributed by atoms with Crippen LogP contribution in [-0.4, -0.2) is 27.8 Å². The van der Waals surface area contributed by atoms with E-state index in [2.05, 4.69) is 21.9 Å². The maximum atomic E-state index is 12.7. The van der Waals surface area contributed by atoms with Gasteiger partial charge >= 0.3 is 11.7 Å². The number of allylic oxidation sites excluding steroid dienone is 1. The summed E-state index contributed by atoms with van der Waals surface area (Å²) < 4.78 is 6.71. The van der Waals surface area contributed by atoms with Crippen LogP contribution in [0.4, 0.5) is 17.3 Å². The van der Waals surface area contributed by atoms with Crippen molar-refractivity contribution in [1.29, 1.82) is 0 Å². The van der Waals surface area contributed by atoms with Crippen LogP contribution in [0, 0.1) is 5.92 Å². The number of benzene rings is 1. The highest BCUT2D eigenvalue weighted by atomic mass is 35.5. The van der Waals surface area contributed by atoms with Crippen LogP contribution in [0.2, 0.25) is 5.02 Å². The zero-order valence-electron chi connectivity index (χ0n) is 16.6. The van der Waals surface area contributed by atoms with E-state index in [1.54, 1.807) is 44.2 Å². The Morgan fingerprint density at radius 2 is 2.07 bits per heavy atom. The van der Waals surface area contributed by atoms with E-state index in [0.717, 1.165) is 5.69 Å². The number of esters is 1. The van der Waals surface area contributed by atoms with E-state index < -0.39 is 11.6 Å². The Kier molecular flexibility index (Phi) is 6.17. The summed E-state index contributed by atoms with van der Waals surface area (Å²) in [4.78, 5) is 34.1. The Labute approximate surface area is 174 Å². The van der Waals surface area contributed by atoms with Gasteiger partial charge in [0.15, 0.2) is 0 Å². The molecule has 1 N–H and O–H groups in total. The molecule has 2 heterocycles. The third-order valence-electron chi connectivity index (χ3n) is 4.84. The third kappa shape index (κ3) is 4.10. The Balaban J connectivity index is 2.17. The monoisotopic (exact) mass is 414 g/mol. The van der Waals surface area contributed by atoms with Crippen molar-refractivity contribution in [3.63, 3.8) is 0 Å². The first-order valence-electron chi connectivity index (χ1n) is 9.37. The molecule has 3 rings (SSSR count). The van der Waals surface area contributed by atoms with Gasteiger partial charge in [-0.2, -0.15) is 4.98 Å². The van der Waals surface area contributed by atoms with Crippen molar-refractivity contribution in [3.8, 4) is 0 Å². The Morgan fingerprint density at radius 1 is 1.38 bits per heavy atom. The van der Waals surface area contributed by atoms with Crippen LogP contribution >= 0.6 is 11.6 Å².